The number of hydrogen-bond donors (Lipinski definition) is 1. The van der Waals surface area contributed by atoms with E-state index in [0.29, 0.717) is 22.3 Å². The Balaban J connectivity index is 1.97. The van der Waals surface area contributed by atoms with Crippen molar-refractivity contribution < 1.29 is 28.0 Å². The van der Waals surface area contributed by atoms with E-state index in [1.54, 1.807) is 0 Å². The van der Waals surface area contributed by atoms with Gasteiger partial charge in [0.1, 0.15) is 5.69 Å². The minimum atomic E-state index is -2.54. The van der Waals surface area contributed by atoms with Gasteiger partial charge in [-0.05, 0) is 31.2 Å². The number of carbonyl (C=O) groups excluding carboxylic acids is 2. The average Bonchev–Trinajstić information content (AvgIpc) is 2.98. The predicted molar refractivity (Wildman–Crippen MR) is 93.9 cm³/mol. The van der Waals surface area contributed by atoms with Crippen molar-refractivity contribution in [2.45, 2.75) is 23.7 Å². The number of benzene rings is 1. The Morgan fingerprint density at radius 2 is 1.93 bits per heavy atom. The maximum absolute atomic E-state index is 12.3. The van der Waals surface area contributed by atoms with Gasteiger partial charge in [-0.15, -0.1) is 0 Å². The summed E-state index contributed by atoms with van der Waals surface area (Å²) in [6.07, 6.45) is -0.0260. The molecule has 11 heteroatoms. The van der Waals surface area contributed by atoms with Gasteiger partial charge in [0.15, 0.2) is 6.10 Å². The van der Waals surface area contributed by atoms with Crippen molar-refractivity contribution in [3.8, 4) is 0 Å². The number of aromatic nitrogens is 1. The zero-order valence-electron chi connectivity index (χ0n) is 14.2. The van der Waals surface area contributed by atoms with Gasteiger partial charge in [-0.25, -0.2) is 4.79 Å². The first-order valence-electron chi connectivity index (χ1n) is 7.55. The quantitative estimate of drug-likeness (QED) is 0.331. The number of nitrogens with one attached hydrogen (secondary N) is 1. The molecule has 0 aliphatic rings. The molecule has 0 spiro atoms. The molecule has 1 N–H and O–H groups in total. The van der Waals surface area contributed by atoms with Crippen molar-refractivity contribution in [2.75, 3.05) is 5.32 Å². The second-order valence-corrected chi connectivity index (χ2v) is 6.45. The lowest BCUT2D eigenvalue weighted by atomic mass is 10.3. The molecule has 2 rings (SSSR count). The first-order valence-corrected chi connectivity index (χ1v) is 8.43. The summed E-state index contributed by atoms with van der Waals surface area (Å²) in [6.45, 7) is 1.34. The second kappa shape index (κ2) is 8.62. The molecule has 1 unspecified atom stereocenters. The number of amides is 1. The second-order valence-electron chi connectivity index (χ2n) is 5.39. The molecular weight excluding hydrogens is 384 g/mol. The van der Waals surface area contributed by atoms with Crippen molar-refractivity contribution >= 4 is 35.0 Å². The number of nitro groups is 1. The lowest BCUT2D eigenvalue weighted by Gasteiger charge is -2.14. The molecular formula is C16H15F2N3O5S. The summed E-state index contributed by atoms with van der Waals surface area (Å²) in [5, 5.41) is 13.2. The number of nitrogens with zero attached hydrogens (tertiary/aromatic N) is 2. The van der Waals surface area contributed by atoms with E-state index in [2.05, 4.69) is 5.32 Å². The number of anilines is 1. The maximum atomic E-state index is 12.3. The number of esters is 1. The van der Waals surface area contributed by atoms with Gasteiger partial charge >= 0.3 is 5.97 Å². The molecule has 2 aromatic rings. The Hall–Kier alpha value is -2.95. The third-order valence-corrected chi connectivity index (χ3v) is 4.13. The lowest BCUT2D eigenvalue weighted by Crippen LogP contribution is -2.30. The van der Waals surface area contributed by atoms with E-state index in [-0.39, 0.29) is 11.4 Å². The fourth-order valence-electron chi connectivity index (χ4n) is 2.09. The topological polar surface area (TPSA) is 103 Å². The predicted octanol–water partition coefficient (Wildman–Crippen LogP) is 3.43. The molecule has 1 heterocycles. The Labute approximate surface area is 156 Å². The summed E-state index contributed by atoms with van der Waals surface area (Å²) in [7, 11) is 1.44. The molecule has 1 amide bonds. The number of aryl methyl sites for hydroxylation is 1. The summed E-state index contributed by atoms with van der Waals surface area (Å²) >= 11 is 0.378. The van der Waals surface area contributed by atoms with Gasteiger partial charge in [-0.1, -0.05) is 11.8 Å². The van der Waals surface area contributed by atoms with E-state index in [9.17, 15) is 28.5 Å². The highest BCUT2D eigenvalue weighted by Crippen LogP contribution is 2.26. The van der Waals surface area contributed by atoms with Gasteiger partial charge in [0.25, 0.3) is 17.4 Å². The third-order valence-electron chi connectivity index (χ3n) is 3.41. The van der Waals surface area contributed by atoms with E-state index >= 15 is 0 Å². The highest BCUT2D eigenvalue weighted by Gasteiger charge is 2.23. The number of hydrogen-bond acceptors (Lipinski definition) is 6. The number of ether oxygens (including phenoxy) is 1. The van der Waals surface area contributed by atoms with Crippen LogP contribution in [0.2, 0.25) is 0 Å². The lowest BCUT2D eigenvalue weighted by molar-refractivity contribution is -0.384. The minimum absolute atomic E-state index is 0.0743. The van der Waals surface area contributed by atoms with Crippen molar-refractivity contribution in [3.05, 3.63) is 52.3 Å². The van der Waals surface area contributed by atoms with Crippen LogP contribution in [0.1, 0.15) is 17.4 Å². The van der Waals surface area contributed by atoms with Crippen LogP contribution >= 0.6 is 11.8 Å². The van der Waals surface area contributed by atoms with E-state index in [1.807, 2.05) is 0 Å². The van der Waals surface area contributed by atoms with E-state index in [0.717, 1.165) is 12.3 Å². The Kier molecular flexibility index (Phi) is 6.50. The Morgan fingerprint density at radius 3 is 2.44 bits per heavy atom. The third kappa shape index (κ3) is 5.51. The van der Waals surface area contributed by atoms with Gasteiger partial charge < -0.3 is 14.6 Å². The molecule has 0 saturated carbocycles. The molecule has 0 saturated heterocycles. The largest absolute Gasteiger partial charge is 0.448 e. The van der Waals surface area contributed by atoms with Gasteiger partial charge in [-0.2, -0.15) is 8.78 Å². The van der Waals surface area contributed by atoms with Crippen molar-refractivity contribution in [1.29, 1.82) is 0 Å². The summed E-state index contributed by atoms with van der Waals surface area (Å²) < 4.78 is 30.8. The smallest absolute Gasteiger partial charge is 0.355 e. The number of alkyl halides is 2. The van der Waals surface area contributed by atoms with E-state index in [1.165, 1.54) is 42.8 Å². The van der Waals surface area contributed by atoms with Crippen LogP contribution in [-0.4, -0.2) is 33.2 Å². The standard InChI is InChI=1S/C16H15F2N3O5S/c1-9(26-15(23)13-7-11(21(24)25)8-20(13)2)14(22)19-10-3-5-12(6-4-10)27-16(17)18/h3-9,16H,1-2H3,(H,19,22). The summed E-state index contributed by atoms with van der Waals surface area (Å²) in [6, 6.07) is 6.78. The normalized spacial score (nSPS) is 11.9. The average molecular weight is 399 g/mol. The number of thioether (sulfide) groups is 1. The first-order chi connectivity index (χ1) is 12.7. The highest BCUT2D eigenvalue weighted by molar-refractivity contribution is 7.99. The maximum Gasteiger partial charge on any atom is 0.355 e. The van der Waals surface area contributed by atoms with Crippen LogP contribution in [0.4, 0.5) is 20.2 Å². The first kappa shape index (κ1) is 20.4. The number of carbonyl (C=O) groups is 2. The molecule has 0 bridgehead atoms. The van der Waals surface area contributed by atoms with Crippen LogP contribution < -0.4 is 5.32 Å². The molecule has 0 fully saturated rings. The molecule has 1 aromatic carbocycles. The van der Waals surface area contributed by atoms with Gasteiger partial charge in [0.2, 0.25) is 0 Å². The van der Waals surface area contributed by atoms with Gasteiger partial charge in [-0.3, -0.25) is 14.9 Å². The van der Waals surface area contributed by atoms with E-state index < -0.39 is 28.7 Å². The van der Waals surface area contributed by atoms with Crippen molar-refractivity contribution in [3.63, 3.8) is 0 Å². The Bertz CT molecular complexity index is 854. The number of halogens is 2. The van der Waals surface area contributed by atoms with Crippen LogP contribution in [-0.2, 0) is 16.6 Å². The SMILES string of the molecule is CC(OC(=O)c1cc([N+](=O)[O-])cn1C)C(=O)Nc1ccc(SC(F)F)cc1. The van der Waals surface area contributed by atoms with Crippen LogP contribution in [0, 0.1) is 10.1 Å². The molecule has 0 radical (unpaired) electrons. The summed E-state index contributed by atoms with van der Waals surface area (Å²) in [4.78, 5) is 34.6. The minimum Gasteiger partial charge on any atom is -0.448 e. The molecule has 0 aliphatic heterocycles. The molecule has 27 heavy (non-hydrogen) atoms. The van der Waals surface area contributed by atoms with Crippen LogP contribution in [0.5, 0.6) is 0 Å². The zero-order valence-corrected chi connectivity index (χ0v) is 15.0. The van der Waals surface area contributed by atoms with Gasteiger partial charge in [0.05, 0.1) is 11.1 Å². The monoisotopic (exact) mass is 399 g/mol. The number of rotatable bonds is 7. The zero-order chi connectivity index (χ0) is 20.1. The van der Waals surface area contributed by atoms with Crippen LogP contribution in [0.25, 0.3) is 0 Å². The fraction of sp³-hybridized carbons (Fsp3) is 0.250. The molecule has 144 valence electrons. The van der Waals surface area contributed by atoms with Gasteiger partial charge in [0, 0.05) is 23.7 Å². The van der Waals surface area contributed by atoms with Crippen molar-refractivity contribution in [1.82, 2.24) is 4.57 Å². The Morgan fingerprint density at radius 1 is 1.30 bits per heavy atom. The van der Waals surface area contributed by atoms with Crippen LogP contribution in [0.3, 0.4) is 0 Å². The van der Waals surface area contributed by atoms with Crippen LogP contribution in [0.15, 0.2) is 41.4 Å². The summed E-state index contributed by atoms with van der Waals surface area (Å²) in [5.74, 6) is -4.07. The molecule has 0 aliphatic carbocycles. The molecule has 8 nitrogen and oxygen atoms in total. The van der Waals surface area contributed by atoms with E-state index in [4.69, 9.17) is 4.74 Å². The van der Waals surface area contributed by atoms with Crippen molar-refractivity contribution in [2.24, 2.45) is 7.05 Å². The highest BCUT2D eigenvalue weighted by atomic mass is 32.2. The molecule has 1 atom stereocenters. The molecule has 1 aromatic heterocycles. The fourth-order valence-corrected chi connectivity index (χ4v) is 2.59. The summed E-state index contributed by atoms with van der Waals surface area (Å²) in [5.41, 5.74) is -0.00550.